The molecule has 0 aromatic carbocycles. The summed E-state index contributed by atoms with van der Waals surface area (Å²) < 4.78 is 16.1. The van der Waals surface area contributed by atoms with E-state index in [2.05, 4.69) is 0 Å². The highest BCUT2D eigenvalue weighted by Crippen LogP contribution is 2.39. The molecule has 29 heavy (non-hydrogen) atoms. The van der Waals surface area contributed by atoms with Crippen molar-refractivity contribution in [3.63, 3.8) is 0 Å². The molecule has 0 amide bonds. The number of hydrogen-bond donors (Lipinski definition) is 2. The third-order valence-electron chi connectivity index (χ3n) is 5.22. The van der Waals surface area contributed by atoms with Crippen LogP contribution in [0.25, 0.3) is 6.08 Å². The van der Waals surface area contributed by atoms with Crippen molar-refractivity contribution in [3.05, 3.63) is 69.8 Å². The van der Waals surface area contributed by atoms with Crippen LogP contribution in [0.1, 0.15) is 39.0 Å². The zero-order chi connectivity index (χ0) is 21.8. The Morgan fingerprint density at radius 2 is 1.90 bits per heavy atom. The second-order valence-electron chi connectivity index (χ2n) is 7.69. The highest BCUT2D eigenvalue weighted by molar-refractivity contribution is 5.52. The predicted molar refractivity (Wildman–Crippen MR) is 113 cm³/mol. The molecule has 1 aliphatic rings. The minimum absolute atomic E-state index is 0.445. The van der Waals surface area contributed by atoms with E-state index in [4.69, 9.17) is 13.9 Å². The average Bonchev–Trinajstić information content (AvgIpc) is 2.79. The number of hydrogen-bond acceptors (Lipinski definition) is 6. The molecule has 1 fully saturated rings. The topological polar surface area (TPSA) is 89.1 Å². The van der Waals surface area contributed by atoms with Gasteiger partial charge < -0.3 is 24.1 Å². The Hall–Kier alpha value is -2.41. The van der Waals surface area contributed by atoms with E-state index in [9.17, 15) is 15.0 Å². The summed E-state index contributed by atoms with van der Waals surface area (Å²) in [5.74, 6) is 0.934. The fraction of sp³-hybridized carbons (Fsp3) is 0.435. The first kappa shape index (κ1) is 22.9. The van der Waals surface area contributed by atoms with Gasteiger partial charge in [0, 0.05) is 5.56 Å². The molecule has 1 aliphatic heterocycles. The van der Waals surface area contributed by atoms with Crippen molar-refractivity contribution in [1.82, 2.24) is 0 Å². The van der Waals surface area contributed by atoms with Gasteiger partial charge in [0.25, 0.3) is 0 Å². The normalized spacial score (nSPS) is 30.8. The minimum atomic E-state index is -1.30. The molecule has 6 nitrogen and oxygen atoms in total. The molecular formula is C23H30O6. The Kier molecular flexibility index (Phi) is 7.06. The van der Waals surface area contributed by atoms with E-state index in [-0.39, 0.29) is 0 Å². The lowest BCUT2D eigenvalue weighted by molar-refractivity contribution is -0.0579. The Morgan fingerprint density at radius 3 is 2.48 bits per heavy atom. The van der Waals surface area contributed by atoms with Gasteiger partial charge in [-0.05, 0) is 46.8 Å². The van der Waals surface area contributed by atoms with Gasteiger partial charge in [-0.1, -0.05) is 36.0 Å². The van der Waals surface area contributed by atoms with Crippen LogP contribution in [0.4, 0.5) is 0 Å². The maximum absolute atomic E-state index is 11.5. The van der Waals surface area contributed by atoms with Crippen LogP contribution in [0.2, 0.25) is 0 Å². The molecule has 0 saturated carbocycles. The summed E-state index contributed by atoms with van der Waals surface area (Å²) in [5.41, 5.74) is -1.08. The lowest BCUT2D eigenvalue weighted by Gasteiger charge is -2.28. The third kappa shape index (κ3) is 5.15. The quantitative estimate of drug-likeness (QED) is 0.710. The van der Waals surface area contributed by atoms with Gasteiger partial charge in [-0.25, -0.2) is 4.79 Å². The van der Waals surface area contributed by atoms with Crippen molar-refractivity contribution in [1.29, 1.82) is 0 Å². The van der Waals surface area contributed by atoms with Crippen LogP contribution in [0.3, 0.4) is 0 Å². The van der Waals surface area contributed by atoms with E-state index in [1.807, 2.05) is 38.2 Å². The Morgan fingerprint density at radius 1 is 1.24 bits per heavy atom. The first-order valence-electron chi connectivity index (χ1n) is 9.49. The van der Waals surface area contributed by atoms with Crippen molar-refractivity contribution in [3.8, 4) is 5.75 Å². The van der Waals surface area contributed by atoms with Crippen molar-refractivity contribution in [2.45, 2.75) is 58.0 Å². The van der Waals surface area contributed by atoms with Gasteiger partial charge in [0.05, 0.1) is 19.3 Å². The number of aliphatic hydroxyl groups is 2. The van der Waals surface area contributed by atoms with Gasteiger partial charge in [0.2, 0.25) is 0 Å². The van der Waals surface area contributed by atoms with Crippen molar-refractivity contribution in [2.24, 2.45) is 0 Å². The second-order valence-corrected chi connectivity index (χ2v) is 7.69. The van der Waals surface area contributed by atoms with E-state index < -0.39 is 29.0 Å². The van der Waals surface area contributed by atoms with Crippen molar-refractivity contribution in [2.75, 3.05) is 7.11 Å². The van der Waals surface area contributed by atoms with Crippen LogP contribution < -0.4 is 10.4 Å². The summed E-state index contributed by atoms with van der Waals surface area (Å²) in [6, 6.07) is 1.31. The molecule has 0 radical (unpaired) electrons. The number of allylic oxidation sites excluding steroid dienone is 6. The van der Waals surface area contributed by atoms with Crippen LogP contribution in [0.15, 0.2) is 57.3 Å². The first-order valence-corrected chi connectivity index (χ1v) is 9.49. The van der Waals surface area contributed by atoms with E-state index in [1.165, 1.54) is 13.2 Å². The molecule has 2 N–H and O–H groups in total. The summed E-state index contributed by atoms with van der Waals surface area (Å²) >= 11 is 0. The molecule has 6 heteroatoms. The average molecular weight is 402 g/mol. The standard InChI is InChI=1S/C23H30O6/c1-15(14-22(4)21(25)23(5,26)17(3)29-22)11-9-7-8-10-12-18-16(2)19(27-6)13-20(24)28-18/h7-14,17,21,25-26H,1-6H3/t17?,21?,22-,23-/m0/s1. The molecular weight excluding hydrogens is 372 g/mol. The summed E-state index contributed by atoms with van der Waals surface area (Å²) in [7, 11) is 1.51. The lowest BCUT2D eigenvalue weighted by atomic mass is 9.86. The molecule has 0 spiro atoms. The molecule has 1 aromatic heterocycles. The van der Waals surface area contributed by atoms with Crippen LogP contribution in [0.5, 0.6) is 5.75 Å². The summed E-state index contributed by atoms with van der Waals surface area (Å²) in [6.07, 6.45) is 11.1. The van der Waals surface area contributed by atoms with Crippen LogP contribution in [-0.2, 0) is 4.74 Å². The predicted octanol–water partition coefficient (Wildman–Crippen LogP) is 3.32. The van der Waals surface area contributed by atoms with Gasteiger partial charge in [-0.15, -0.1) is 0 Å². The van der Waals surface area contributed by atoms with Crippen LogP contribution >= 0.6 is 0 Å². The zero-order valence-corrected chi connectivity index (χ0v) is 17.8. The fourth-order valence-electron chi connectivity index (χ4n) is 3.38. The lowest BCUT2D eigenvalue weighted by Crippen LogP contribution is -2.47. The SMILES string of the molecule is COc1cc(=O)oc(C=CC=CC=CC(C)=C[C@]2(C)OC(C)[C@](C)(O)C2O)c1C. The summed E-state index contributed by atoms with van der Waals surface area (Å²) in [6.45, 7) is 8.79. The van der Waals surface area contributed by atoms with Crippen LogP contribution in [0, 0.1) is 6.92 Å². The molecule has 0 bridgehead atoms. The smallest absolute Gasteiger partial charge is 0.339 e. The Balaban J connectivity index is 2.04. The van der Waals surface area contributed by atoms with Gasteiger partial charge >= 0.3 is 5.63 Å². The van der Waals surface area contributed by atoms with Crippen molar-refractivity contribution >= 4 is 6.08 Å². The van der Waals surface area contributed by atoms with Crippen molar-refractivity contribution < 1.29 is 24.1 Å². The molecule has 2 unspecified atom stereocenters. The molecule has 4 atom stereocenters. The highest BCUT2D eigenvalue weighted by atomic mass is 16.6. The van der Waals surface area contributed by atoms with Gasteiger partial charge in [-0.3, -0.25) is 0 Å². The van der Waals surface area contributed by atoms with E-state index in [0.29, 0.717) is 11.5 Å². The number of aliphatic hydroxyl groups excluding tert-OH is 1. The van der Waals surface area contributed by atoms with Gasteiger partial charge in [-0.2, -0.15) is 0 Å². The van der Waals surface area contributed by atoms with Gasteiger partial charge in [0.1, 0.15) is 28.8 Å². The summed E-state index contributed by atoms with van der Waals surface area (Å²) in [5, 5.41) is 20.8. The Bertz CT molecular complexity index is 902. The van der Waals surface area contributed by atoms with E-state index in [0.717, 1.165) is 11.1 Å². The molecule has 2 heterocycles. The van der Waals surface area contributed by atoms with E-state index in [1.54, 1.807) is 39.0 Å². The molecule has 0 aliphatic carbocycles. The summed E-state index contributed by atoms with van der Waals surface area (Å²) in [4.78, 5) is 11.5. The maximum Gasteiger partial charge on any atom is 0.339 e. The molecule has 158 valence electrons. The monoisotopic (exact) mass is 402 g/mol. The zero-order valence-electron chi connectivity index (χ0n) is 17.8. The fourth-order valence-corrected chi connectivity index (χ4v) is 3.38. The molecule has 1 saturated heterocycles. The first-order chi connectivity index (χ1) is 13.5. The second kappa shape index (κ2) is 8.95. The highest BCUT2D eigenvalue weighted by Gasteiger charge is 2.55. The van der Waals surface area contributed by atoms with E-state index >= 15 is 0 Å². The number of ether oxygens (including phenoxy) is 2. The number of rotatable bonds is 6. The maximum atomic E-state index is 11.5. The molecule has 1 aromatic rings. The minimum Gasteiger partial charge on any atom is -0.496 e. The van der Waals surface area contributed by atoms with Gasteiger partial charge in [0.15, 0.2) is 0 Å². The molecule has 2 rings (SSSR count). The largest absolute Gasteiger partial charge is 0.496 e. The Labute approximate surface area is 171 Å². The van der Waals surface area contributed by atoms with Crippen LogP contribution in [-0.4, -0.2) is 40.7 Å². The third-order valence-corrected chi connectivity index (χ3v) is 5.22. The number of methoxy groups -OCH3 is 1.